The number of hydrogen-bond acceptors (Lipinski definition) is 7. The van der Waals surface area contributed by atoms with Gasteiger partial charge in [0.05, 0.1) is 25.0 Å². The van der Waals surface area contributed by atoms with E-state index >= 15 is 0 Å². The van der Waals surface area contributed by atoms with Crippen LogP contribution in [0.4, 0.5) is 5.69 Å². The number of anilines is 1. The molecule has 8 heteroatoms. The lowest BCUT2D eigenvalue weighted by atomic mass is 10.1. The molecule has 0 fully saturated rings. The average Bonchev–Trinajstić information content (AvgIpc) is 3.31. The molecule has 3 aromatic heterocycles. The number of rotatable bonds is 5. The molecule has 1 aromatic carbocycles. The third kappa shape index (κ3) is 2.75. The second kappa shape index (κ2) is 6.47. The largest absolute Gasteiger partial charge is 0.496 e. The molecule has 0 radical (unpaired) electrons. The number of benzene rings is 1. The van der Waals surface area contributed by atoms with Crippen molar-refractivity contribution in [3.8, 4) is 17.0 Å². The van der Waals surface area contributed by atoms with Gasteiger partial charge in [-0.2, -0.15) is 9.61 Å². The summed E-state index contributed by atoms with van der Waals surface area (Å²) in [5.74, 6) is 1.46. The summed E-state index contributed by atoms with van der Waals surface area (Å²) in [4.78, 5) is 0. The Morgan fingerprint density at radius 3 is 2.92 bits per heavy atom. The van der Waals surface area contributed by atoms with Gasteiger partial charge in [-0.25, -0.2) is 0 Å². The van der Waals surface area contributed by atoms with E-state index in [0.717, 1.165) is 34.0 Å². The van der Waals surface area contributed by atoms with Crippen molar-refractivity contribution >= 4 is 11.3 Å². The molecule has 4 aromatic rings. The SMILES string of the molecule is COc1ccccc1-c1cc(CNc2c(C)c(C)nn3cnnc23)on1. The van der Waals surface area contributed by atoms with Crippen LogP contribution in [0.25, 0.3) is 16.9 Å². The molecule has 0 saturated heterocycles. The lowest BCUT2D eigenvalue weighted by Crippen LogP contribution is -2.06. The first-order valence-electron chi connectivity index (χ1n) is 8.17. The molecule has 8 nitrogen and oxygen atoms in total. The molecule has 0 spiro atoms. The van der Waals surface area contributed by atoms with Crippen LogP contribution in [0.15, 0.2) is 41.2 Å². The zero-order chi connectivity index (χ0) is 18.1. The summed E-state index contributed by atoms with van der Waals surface area (Å²) < 4.78 is 12.5. The Kier molecular flexibility index (Phi) is 4.00. The smallest absolute Gasteiger partial charge is 0.200 e. The molecule has 0 bridgehead atoms. The zero-order valence-corrected chi connectivity index (χ0v) is 14.7. The van der Waals surface area contributed by atoms with E-state index in [1.807, 2.05) is 44.2 Å². The van der Waals surface area contributed by atoms with Gasteiger partial charge in [0, 0.05) is 11.6 Å². The van der Waals surface area contributed by atoms with Crippen molar-refractivity contribution in [3.05, 3.63) is 53.7 Å². The second-order valence-corrected chi connectivity index (χ2v) is 5.92. The van der Waals surface area contributed by atoms with E-state index in [0.29, 0.717) is 18.0 Å². The highest BCUT2D eigenvalue weighted by molar-refractivity contribution is 5.71. The Hall–Kier alpha value is -3.42. The number of methoxy groups -OCH3 is 1. The highest BCUT2D eigenvalue weighted by Crippen LogP contribution is 2.29. The van der Waals surface area contributed by atoms with Gasteiger partial charge in [0.1, 0.15) is 17.8 Å². The molecule has 0 atom stereocenters. The van der Waals surface area contributed by atoms with Gasteiger partial charge in [0.25, 0.3) is 0 Å². The fourth-order valence-corrected chi connectivity index (χ4v) is 2.82. The normalized spacial score (nSPS) is 11.0. The van der Waals surface area contributed by atoms with Crippen molar-refractivity contribution in [3.63, 3.8) is 0 Å². The van der Waals surface area contributed by atoms with Crippen LogP contribution in [0.2, 0.25) is 0 Å². The van der Waals surface area contributed by atoms with E-state index in [9.17, 15) is 0 Å². The van der Waals surface area contributed by atoms with Gasteiger partial charge in [-0.05, 0) is 31.5 Å². The number of nitrogens with zero attached hydrogens (tertiary/aromatic N) is 5. The molecule has 0 aliphatic carbocycles. The van der Waals surface area contributed by atoms with Crippen molar-refractivity contribution in [2.24, 2.45) is 0 Å². The van der Waals surface area contributed by atoms with E-state index in [1.54, 1.807) is 18.0 Å². The number of fused-ring (bicyclic) bond motifs is 1. The van der Waals surface area contributed by atoms with Crippen molar-refractivity contribution < 1.29 is 9.26 Å². The van der Waals surface area contributed by atoms with Crippen molar-refractivity contribution in [2.45, 2.75) is 20.4 Å². The first-order valence-corrected chi connectivity index (χ1v) is 8.17. The molecule has 4 rings (SSSR count). The van der Waals surface area contributed by atoms with E-state index in [4.69, 9.17) is 9.26 Å². The van der Waals surface area contributed by atoms with E-state index in [-0.39, 0.29) is 0 Å². The Balaban J connectivity index is 1.60. The third-order valence-electron chi connectivity index (χ3n) is 4.31. The predicted octanol–water partition coefficient (Wildman–Crippen LogP) is 3.02. The number of hydrogen-bond donors (Lipinski definition) is 1. The maximum atomic E-state index is 5.48. The average molecular weight is 350 g/mol. The van der Waals surface area contributed by atoms with Gasteiger partial charge in [-0.15, -0.1) is 10.2 Å². The van der Waals surface area contributed by atoms with Crippen LogP contribution in [0.5, 0.6) is 5.75 Å². The summed E-state index contributed by atoms with van der Waals surface area (Å²) in [6, 6.07) is 9.60. The van der Waals surface area contributed by atoms with Crippen LogP contribution >= 0.6 is 0 Å². The lowest BCUT2D eigenvalue weighted by molar-refractivity contribution is 0.388. The summed E-state index contributed by atoms with van der Waals surface area (Å²) in [7, 11) is 1.64. The molecule has 26 heavy (non-hydrogen) atoms. The molecule has 3 heterocycles. The van der Waals surface area contributed by atoms with Crippen molar-refractivity contribution in [2.75, 3.05) is 12.4 Å². The minimum Gasteiger partial charge on any atom is -0.496 e. The monoisotopic (exact) mass is 350 g/mol. The summed E-state index contributed by atoms with van der Waals surface area (Å²) in [6.45, 7) is 4.42. The predicted molar refractivity (Wildman–Crippen MR) is 96.1 cm³/mol. The minimum atomic E-state index is 0.467. The van der Waals surface area contributed by atoms with E-state index in [1.165, 1.54) is 0 Å². The van der Waals surface area contributed by atoms with Gasteiger partial charge in [-0.1, -0.05) is 17.3 Å². The molecular weight excluding hydrogens is 332 g/mol. The Morgan fingerprint density at radius 1 is 1.23 bits per heavy atom. The summed E-state index contributed by atoms with van der Waals surface area (Å²) >= 11 is 0. The standard InChI is InChI=1S/C18H18N6O2/c1-11-12(2)22-24-10-20-21-18(24)17(11)19-9-13-8-15(23-26-13)14-6-4-5-7-16(14)25-3/h4-8,10,19H,9H2,1-3H3. The summed E-state index contributed by atoms with van der Waals surface area (Å²) in [5, 5.41) is 20.0. The van der Waals surface area contributed by atoms with Crippen LogP contribution in [0.1, 0.15) is 17.0 Å². The molecule has 0 saturated carbocycles. The van der Waals surface area contributed by atoms with Gasteiger partial charge in [0.2, 0.25) is 5.65 Å². The second-order valence-electron chi connectivity index (χ2n) is 5.92. The van der Waals surface area contributed by atoms with Crippen LogP contribution in [0.3, 0.4) is 0 Å². The fraction of sp³-hybridized carbons (Fsp3) is 0.222. The number of para-hydroxylation sites is 1. The Morgan fingerprint density at radius 2 is 2.08 bits per heavy atom. The first kappa shape index (κ1) is 16.1. The molecule has 0 unspecified atom stereocenters. The Bertz CT molecular complexity index is 1070. The van der Waals surface area contributed by atoms with Crippen molar-refractivity contribution in [1.29, 1.82) is 0 Å². The quantitative estimate of drug-likeness (QED) is 0.591. The molecule has 1 N–H and O–H groups in total. The van der Waals surface area contributed by atoms with Crippen LogP contribution in [-0.2, 0) is 6.54 Å². The van der Waals surface area contributed by atoms with Gasteiger partial charge < -0.3 is 14.6 Å². The minimum absolute atomic E-state index is 0.467. The first-order chi connectivity index (χ1) is 12.7. The zero-order valence-electron chi connectivity index (χ0n) is 14.7. The van der Waals surface area contributed by atoms with Crippen LogP contribution < -0.4 is 10.1 Å². The highest BCUT2D eigenvalue weighted by Gasteiger charge is 2.14. The third-order valence-corrected chi connectivity index (χ3v) is 4.31. The van der Waals surface area contributed by atoms with Crippen molar-refractivity contribution in [1.82, 2.24) is 25.0 Å². The maximum Gasteiger partial charge on any atom is 0.200 e. The molecule has 0 aliphatic rings. The topological polar surface area (TPSA) is 90.4 Å². The number of ether oxygens (including phenoxy) is 1. The Labute approximate surface area is 149 Å². The number of aryl methyl sites for hydroxylation is 1. The molecule has 132 valence electrons. The molecule has 0 aliphatic heterocycles. The summed E-state index contributed by atoms with van der Waals surface area (Å²) in [6.07, 6.45) is 1.58. The lowest BCUT2D eigenvalue weighted by Gasteiger charge is -2.10. The summed E-state index contributed by atoms with van der Waals surface area (Å²) in [5.41, 5.74) is 5.11. The van der Waals surface area contributed by atoms with Crippen LogP contribution in [0, 0.1) is 13.8 Å². The van der Waals surface area contributed by atoms with E-state index in [2.05, 4.69) is 25.8 Å². The van der Waals surface area contributed by atoms with Gasteiger partial charge in [-0.3, -0.25) is 0 Å². The van der Waals surface area contributed by atoms with Gasteiger partial charge in [0.15, 0.2) is 5.76 Å². The van der Waals surface area contributed by atoms with Gasteiger partial charge >= 0.3 is 0 Å². The molecule has 0 amide bonds. The van der Waals surface area contributed by atoms with Crippen LogP contribution in [-0.4, -0.2) is 32.1 Å². The highest BCUT2D eigenvalue weighted by atomic mass is 16.5. The number of nitrogens with one attached hydrogen (secondary N) is 1. The fourth-order valence-electron chi connectivity index (χ4n) is 2.82. The molecular formula is C18H18N6O2. The maximum absolute atomic E-state index is 5.48. The van der Waals surface area contributed by atoms with E-state index < -0.39 is 0 Å². The number of aromatic nitrogens is 5.